The van der Waals surface area contributed by atoms with Gasteiger partial charge in [-0.1, -0.05) is 12.1 Å². The molecule has 1 aromatic carbocycles. The number of fused-ring (bicyclic) bond motifs is 6. The molecule has 24 heavy (non-hydrogen) atoms. The lowest BCUT2D eigenvalue weighted by Crippen LogP contribution is -2.40. The minimum atomic E-state index is -0.559. The number of rotatable bonds is 1. The van der Waals surface area contributed by atoms with E-state index in [4.69, 9.17) is 4.74 Å². The number of urea groups is 1. The van der Waals surface area contributed by atoms with Gasteiger partial charge in [-0.3, -0.25) is 4.79 Å². The molecular weight excluding hydrogens is 304 g/mol. The first kappa shape index (κ1) is 14.1. The predicted octanol–water partition coefficient (Wildman–Crippen LogP) is 3.01. The van der Waals surface area contributed by atoms with Crippen molar-refractivity contribution in [1.82, 2.24) is 9.80 Å². The van der Waals surface area contributed by atoms with Crippen molar-refractivity contribution in [2.24, 2.45) is 5.92 Å². The van der Waals surface area contributed by atoms with E-state index in [1.165, 1.54) is 4.90 Å². The highest BCUT2D eigenvalue weighted by atomic mass is 16.5. The Bertz CT molecular complexity index is 770. The highest BCUT2D eigenvalue weighted by Gasteiger charge is 2.60. The van der Waals surface area contributed by atoms with Crippen LogP contribution in [-0.4, -0.2) is 39.4 Å². The zero-order chi connectivity index (χ0) is 16.6. The Balaban J connectivity index is 1.62. The highest BCUT2D eigenvalue weighted by molar-refractivity contribution is 6.12. The molecule has 0 unspecified atom stereocenters. The van der Waals surface area contributed by atoms with Crippen LogP contribution in [0.25, 0.3) is 5.70 Å². The van der Waals surface area contributed by atoms with Crippen molar-refractivity contribution in [3.8, 4) is 5.75 Å². The SMILES string of the molecule is CC1(C)C=C(N2C(=O)[C@H]3[C@@H]4CC[C@@H](C4)N3C2=O)c2ccccc2O1. The fraction of sp³-hybridized carbons (Fsp3) is 0.474. The maximum absolute atomic E-state index is 13.1. The van der Waals surface area contributed by atoms with E-state index in [1.807, 2.05) is 49.1 Å². The van der Waals surface area contributed by atoms with Crippen molar-refractivity contribution in [3.63, 3.8) is 0 Å². The maximum Gasteiger partial charge on any atom is 0.332 e. The fourth-order valence-electron chi connectivity index (χ4n) is 4.82. The van der Waals surface area contributed by atoms with Gasteiger partial charge in [0.25, 0.3) is 5.91 Å². The fourth-order valence-corrected chi connectivity index (χ4v) is 4.82. The van der Waals surface area contributed by atoms with Gasteiger partial charge in [0.15, 0.2) is 0 Å². The minimum Gasteiger partial charge on any atom is -0.483 e. The van der Waals surface area contributed by atoms with Crippen LogP contribution < -0.4 is 4.74 Å². The molecule has 3 heterocycles. The molecule has 3 amide bonds. The molecule has 1 aromatic rings. The van der Waals surface area contributed by atoms with Crippen LogP contribution in [0.3, 0.4) is 0 Å². The Kier molecular flexibility index (Phi) is 2.58. The van der Waals surface area contributed by atoms with Gasteiger partial charge in [-0.25, -0.2) is 9.69 Å². The molecule has 0 aromatic heterocycles. The Labute approximate surface area is 140 Å². The van der Waals surface area contributed by atoms with Gasteiger partial charge < -0.3 is 9.64 Å². The summed E-state index contributed by atoms with van der Waals surface area (Å²) < 4.78 is 5.99. The summed E-state index contributed by atoms with van der Waals surface area (Å²) in [4.78, 5) is 29.4. The number of carbonyl (C=O) groups is 2. The van der Waals surface area contributed by atoms with Gasteiger partial charge >= 0.3 is 6.03 Å². The Morgan fingerprint density at radius 3 is 2.75 bits per heavy atom. The lowest BCUT2D eigenvalue weighted by molar-refractivity contribution is -0.127. The van der Waals surface area contributed by atoms with Crippen LogP contribution in [0.1, 0.15) is 38.7 Å². The molecule has 3 fully saturated rings. The normalized spacial score (nSPS) is 32.6. The van der Waals surface area contributed by atoms with Crippen LogP contribution in [0.15, 0.2) is 30.3 Å². The van der Waals surface area contributed by atoms with Crippen molar-refractivity contribution in [2.45, 2.75) is 50.8 Å². The van der Waals surface area contributed by atoms with E-state index in [0.717, 1.165) is 30.6 Å². The molecule has 5 heteroatoms. The number of hydrogen-bond acceptors (Lipinski definition) is 3. The number of piperidine rings is 1. The van der Waals surface area contributed by atoms with Crippen molar-refractivity contribution in [3.05, 3.63) is 35.9 Å². The highest BCUT2D eigenvalue weighted by Crippen LogP contribution is 2.49. The van der Waals surface area contributed by atoms with Crippen LogP contribution in [0.2, 0.25) is 0 Å². The Morgan fingerprint density at radius 2 is 1.96 bits per heavy atom. The lowest BCUT2D eigenvalue weighted by Gasteiger charge is -2.33. The van der Waals surface area contributed by atoms with E-state index in [2.05, 4.69) is 0 Å². The Hall–Kier alpha value is -2.30. The quantitative estimate of drug-likeness (QED) is 0.746. The predicted molar refractivity (Wildman–Crippen MR) is 88.1 cm³/mol. The lowest BCUT2D eigenvalue weighted by atomic mass is 9.96. The summed E-state index contributed by atoms with van der Waals surface area (Å²) in [6.07, 6.45) is 4.97. The number of amides is 3. The first-order chi connectivity index (χ1) is 11.5. The summed E-state index contributed by atoms with van der Waals surface area (Å²) in [5.41, 5.74) is 0.925. The van der Waals surface area contributed by atoms with Crippen molar-refractivity contribution >= 4 is 17.6 Å². The number of ether oxygens (including phenoxy) is 1. The second-order valence-electron chi connectivity index (χ2n) is 7.77. The standard InChI is InChI=1S/C19H20N2O3/c1-19(2)10-14(13-5-3-4-6-15(13)24-19)21-17(22)16-11-7-8-12(9-11)20(16)18(21)23/h3-6,10-12,16H,7-9H2,1-2H3/t11-,12+,16-/m1/s1. The van der Waals surface area contributed by atoms with Crippen LogP contribution in [0.4, 0.5) is 4.79 Å². The maximum atomic E-state index is 13.1. The van der Waals surface area contributed by atoms with Gasteiger partial charge in [0.05, 0.1) is 5.70 Å². The third-order valence-corrected chi connectivity index (χ3v) is 5.73. The molecule has 3 aliphatic heterocycles. The summed E-state index contributed by atoms with van der Waals surface area (Å²) in [6.45, 7) is 3.89. The van der Waals surface area contributed by atoms with Gasteiger partial charge in [-0.15, -0.1) is 0 Å². The molecule has 4 aliphatic rings. The summed E-state index contributed by atoms with van der Waals surface area (Å²) in [6, 6.07) is 7.44. The molecular formula is C19H20N2O3. The first-order valence-corrected chi connectivity index (χ1v) is 8.64. The molecule has 1 saturated carbocycles. The second kappa shape index (κ2) is 4.41. The minimum absolute atomic E-state index is 0.0639. The van der Waals surface area contributed by atoms with E-state index < -0.39 is 5.60 Å². The number of hydrogen-bond donors (Lipinski definition) is 0. The number of benzene rings is 1. The van der Waals surface area contributed by atoms with Crippen LogP contribution in [0.5, 0.6) is 5.75 Å². The van der Waals surface area contributed by atoms with Crippen molar-refractivity contribution in [2.75, 3.05) is 0 Å². The Morgan fingerprint density at radius 1 is 1.17 bits per heavy atom. The molecule has 2 bridgehead atoms. The molecule has 5 nitrogen and oxygen atoms in total. The van der Waals surface area contributed by atoms with E-state index >= 15 is 0 Å². The van der Waals surface area contributed by atoms with Crippen molar-refractivity contribution < 1.29 is 14.3 Å². The molecule has 1 aliphatic carbocycles. The summed E-state index contributed by atoms with van der Waals surface area (Å²) >= 11 is 0. The average Bonchev–Trinajstić information content (AvgIpc) is 3.20. The largest absolute Gasteiger partial charge is 0.483 e. The van der Waals surface area contributed by atoms with E-state index in [0.29, 0.717) is 11.6 Å². The zero-order valence-corrected chi connectivity index (χ0v) is 13.9. The van der Waals surface area contributed by atoms with Gasteiger partial charge in [0.1, 0.15) is 17.4 Å². The third-order valence-electron chi connectivity index (χ3n) is 5.73. The van der Waals surface area contributed by atoms with Gasteiger partial charge in [-0.2, -0.15) is 0 Å². The topological polar surface area (TPSA) is 49.9 Å². The summed E-state index contributed by atoms with van der Waals surface area (Å²) in [5.74, 6) is 0.988. The van der Waals surface area contributed by atoms with Gasteiger partial charge in [0.2, 0.25) is 0 Å². The number of para-hydroxylation sites is 1. The van der Waals surface area contributed by atoms with E-state index in [-0.39, 0.29) is 24.0 Å². The molecule has 5 rings (SSSR count). The summed E-state index contributed by atoms with van der Waals surface area (Å²) in [7, 11) is 0. The van der Waals surface area contributed by atoms with E-state index in [9.17, 15) is 9.59 Å². The number of imide groups is 1. The van der Waals surface area contributed by atoms with E-state index in [1.54, 1.807) is 0 Å². The number of carbonyl (C=O) groups excluding carboxylic acids is 2. The monoisotopic (exact) mass is 324 g/mol. The average molecular weight is 324 g/mol. The van der Waals surface area contributed by atoms with Gasteiger partial charge in [0, 0.05) is 11.6 Å². The smallest absolute Gasteiger partial charge is 0.332 e. The van der Waals surface area contributed by atoms with Gasteiger partial charge in [-0.05, 0) is 57.2 Å². The zero-order valence-electron chi connectivity index (χ0n) is 13.9. The molecule has 3 atom stereocenters. The second-order valence-corrected chi connectivity index (χ2v) is 7.77. The third kappa shape index (κ3) is 1.70. The molecule has 124 valence electrons. The van der Waals surface area contributed by atoms with Crippen LogP contribution in [0, 0.1) is 5.92 Å². The molecule has 2 saturated heterocycles. The number of nitrogens with zero attached hydrogens (tertiary/aromatic N) is 2. The van der Waals surface area contributed by atoms with Crippen molar-refractivity contribution in [1.29, 1.82) is 0 Å². The molecule has 0 N–H and O–H groups in total. The molecule has 0 spiro atoms. The molecule has 0 radical (unpaired) electrons. The first-order valence-electron chi connectivity index (χ1n) is 8.64. The van der Waals surface area contributed by atoms with Crippen LogP contribution >= 0.6 is 0 Å². The van der Waals surface area contributed by atoms with Crippen LogP contribution in [-0.2, 0) is 4.79 Å². The summed E-state index contributed by atoms with van der Waals surface area (Å²) in [5, 5.41) is 0.